The molecule has 2 aromatic heterocycles. The Morgan fingerprint density at radius 1 is 0.838 bits per heavy atom. The topological polar surface area (TPSA) is 70.5 Å². The molecule has 0 radical (unpaired) electrons. The van der Waals surface area contributed by atoms with E-state index in [4.69, 9.17) is 19.7 Å². The molecule has 198 valence electrons. The normalized spacial score (nSPS) is 17.0. The highest BCUT2D eigenvalue weighted by Crippen LogP contribution is 2.26. The lowest BCUT2D eigenvalue weighted by Gasteiger charge is -2.31. The molecule has 9 heteroatoms. The predicted molar refractivity (Wildman–Crippen MR) is 145 cm³/mol. The molecule has 0 unspecified atom stereocenters. The van der Waals surface area contributed by atoms with Gasteiger partial charge >= 0.3 is 0 Å². The van der Waals surface area contributed by atoms with Crippen molar-refractivity contribution in [3.8, 4) is 11.4 Å². The SMILES string of the molecule is CC.Cc1ccc(F)cc1-c1nc(N2CCCN(Cc3ccccn3)CCC2)nc(N2CCOCC2)n1. The maximum atomic E-state index is 14.1. The minimum atomic E-state index is -0.292. The van der Waals surface area contributed by atoms with Gasteiger partial charge in [-0.05, 0) is 49.6 Å². The average molecular weight is 508 g/mol. The number of hydrogen-bond donors (Lipinski definition) is 0. The number of rotatable bonds is 5. The molecule has 8 nitrogen and oxygen atoms in total. The fourth-order valence-electron chi connectivity index (χ4n) is 4.63. The summed E-state index contributed by atoms with van der Waals surface area (Å²) in [4.78, 5) is 25.8. The number of pyridine rings is 1. The Bertz CT molecular complexity index is 1110. The van der Waals surface area contributed by atoms with Crippen LogP contribution >= 0.6 is 0 Å². The first-order valence-electron chi connectivity index (χ1n) is 13.4. The summed E-state index contributed by atoms with van der Waals surface area (Å²) >= 11 is 0. The second-order valence-electron chi connectivity index (χ2n) is 9.11. The van der Waals surface area contributed by atoms with Crippen LogP contribution in [0.4, 0.5) is 16.3 Å². The molecule has 2 aliphatic heterocycles. The molecule has 4 heterocycles. The summed E-state index contributed by atoms with van der Waals surface area (Å²) in [6, 6.07) is 10.8. The zero-order chi connectivity index (χ0) is 26.0. The Morgan fingerprint density at radius 3 is 2.16 bits per heavy atom. The van der Waals surface area contributed by atoms with E-state index in [1.165, 1.54) is 12.1 Å². The number of aromatic nitrogens is 4. The van der Waals surface area contributed by atoms with Gasteiger partial charge in [0, 0.05) is 57.6 Å². The van der Waals surface area contributed by atoms with E-state index in [0.29, 0.717) is 36.5 Å². The largest absolute Gasteiger partial charge is 0.378 e. The lowest BCUT2D eigenvalue weighted by Crippen LogP contribution is -2.39. The van der Waals surface area contributed by atoms with Gasteiger partial charge < -0.3 is 14.5 Å². The van der Waals surface area contributed by atoms with Crippen LogP contribution in [0.2, 0.25) is 0 Å². The number of ether oxygens (including phenoxy) is 1. The molecule has 2 saturated heterocycles. The molecule has 3 aromatic rings. The molecular formula is C28H38FN7O. The summed E-state index contributed by atoms with van der Waals surface area (Å²) < 4.78 is 19.6. The van der Waals surface area contributed by atoms with Gasteiger partial charge in [-0.15, -0.1) is 0 Å². The van der Waals surface area contributed by atoms with Gasteiger partial charge in [0.1, 0.15) is 5.82 Å². The van der Waals surface area contributed by atoms with Crippen molar-refractivity contribution in [3.05, 3.63) is 59.7 Å². The van der Waals surface area contributed by atoms with Crippen LogP contribution in [-0.4, -0.2) is 77.3 Å². The zero-order valence-corrected chi connectivity index (χ0v) is 22.2. The van der Waals surface area contributed by atoms with Crippen LogP contribution in [0.15, 0.2) is 42.6 Å². The van der Waals surface area contributed by atoms with E-state index in [-0.39, 0.29) is 5.82 Å². The molecule has 0 amide bonds. The molecule has 1 aromatic carbocycles. The molecule has 2 aliphatic rings. The molecule has 0 aliphatic carbocycles. The molecule has 37 heavy (non-hydrogen) atoms. The molecule has 0 bridgehead atoms. The first kappa shape index (κ1) is 26.9. The summed E-state index contributed by atoms with van der Waals surface area (Å²) in [5.74, 6) is 1.53. The van der Waals surface area contributed by atoms with Gasteiger partial charge in [0.05, 0.1) is 18.9 Å². The minimum Gasteiger partial charge on any atom is -0.378 e. The molecular weight excluding hydrogens is 469 g/mol. The van der Waals surface area contributed by atoms with Crippen molar-refractivity contribution in [1.82, 2.24) is 24.8 Å². The Labute approximate surface area is 219 Å². The van der Waals surface area contributed by atoms with E-state index < -0.39 is 0 Å². The van der Waals surface area contributed by atoms with Crippen molar-refractivity contribution in [2.24, 2.45) is 0 Å². The summed E-state index contributed by atoms with van der Waals surface area (Å²) in [7, 11) is 0. The van der Waals surface area contributed by atoms with Gasteiger partial charge in [0.2, 0.25) is 11.9 Å². The summed E-state index contributed by atoms with van der Waals surface area (Å²) in [5.41, 5.74) is 2.75. The van der Waals surface area contributed by atoms with Crippen molar-refractivity contribution in [1.29, 1.82) is 0 Å². The molecule has 0 spiro atoms. The van der Waals surface area contributed by atoms with Gasteiger partial charge in [-0.3, -0.25) is 9.88 Å². The van der Waals surface area contributed by atoms with Gasteiger partial charge in [0.25, 0.3) is 0 Å². The van der Waals surface area contributed by atoms with Crippen molar-refractivity contribution >= 4 is 11.9 Å². The van der Waals surface area contributed by atoms with Crippen LogP contribution < -0.4 is 9.80 Å². The Hall–Kier alpha value is -3.17. The molecule has 0 saturated carbocycles. The first-order valence-corrected chi connectivity index (χ1v) is 13.4. The van der Waals surface area contributed by atoms with Crippen LogP contribution in [0.5, 0.6) is 0 Å². The van der Waals surface area contributed by atoms with Crippen molar-refractivity contribution in [3.63, 3.8) is 0 Å². The zero-order valence-electron chi connectivity index (χ0n) is 22.2. The van der Waals surface area contributed by atoms with Gasteiger partial charge in [-0.25, -0.2) is 4.39 Å². The van der Waals surface area contributed by atoms with Gasteiger partial charge in [0.15, 0.2) is 5.82 Å². The van der Waals surface area contributed by atoms with Crippen LogP contribution in [0.25, 0.3) is 11.4 Å². The highest BCUT2D eigenvalue weighted by atomic mass is 19.1. The smallest absolute Gasteiger partial charge is 0.230 e. The third kappa shape index (κ3) is 7.20. The lowest BCUT2D eigenvalue weighted by atomic mass is 10.1. The lowest BCUT2D eigenvalue weighted by molar-refractivity contribution is 0.122. The van der Waals surface area contributed by atoms with E-state index in [9.17, 15) is 4.39 Å². The van der Waals surface area contributed by atoms with Gasteiger partial charge in [-0.1, -0.05) is 26.0 Å². The molecule has 0 N–H and O–H groups in total. The monoisotopic (exact) mass is 507 g/mol. The summed E-state index contributed by atoms with van der Waals surface area (Å²) in [6.45, 7) is 13.3. The third-order valence-electron chi connectivity index (χ3n) is 6.55. The number of morpholine rings is 1. The number of aryl methyl sites for hydroxylation is 1. The summed E-state index contributed by atoms with van der Waals surface area (Å²) in [6.07, 6.45) is 3.85. The predicted octanol–water partition coefficient (Wildman–Crippen LogP) is 4.35. The average Bonchev–Trinajstić information content (AvgIpc) is 2.93. The Morgan fingerprint density at radius 2 is 1.51 bits per heavy atom. The molecule has 0 atom stereocenters. The van der Waals surface area contributed by atoms with Crippen molar-refractivity contribution in [2.45, 2.75) is 40.2 Å². The Balaban J connectivity index is 0.00000156. The third-order valence-corrected chi connectivity index (χ3v) is 6.55. The van der Waals surface area contributed by atoms with Crippen molar-refractivity contribution < 1.29 is 9.13 Å². The van der Waals surface area contributed by atoms with Crippen LogP contribution in [-0.2, 0) is 11.3 Å². The van der Waals surface area contributed by atoms with Crippen LogP contribution in [0.1, 0.15) is 37.9 Å². The molecule has 5 rings (SSSR count). The van der Waals surface area contributed by atoms with E-state index in [0.717, 1.165) is 69.9 Å². The first-order chi connectivity index (χ1) is 18.2. The highest BCUT2D eigenvalue weighted by molar-refractivity contribution is 5.62. The van der Waals surface area contributed by atoms with Gasteiger partial charge in [-0.2, -0.15) is 15.0 Å². The summed E-state index contributed by atoms with van der Waals surface area (Å²) in [5, 5.41) is 0. The quantitative estimate of drug-likeness (QED) is 0.505. The highest BCUT2D eigenvalue weighted by Gasteiger charge is 2.22. The Kier molecular flexibility index (Phi) is 9.73. The van der Waals surface area contributed by atoms with Crippen LogP contribution in [0, 0.1) is 12.7 Å². The number of anilines is 2. The number of hydrogen-bond acceptors (Lipinski definition) is 8. The standard InChI is InChI=1S/C26H32FN7O.C2H6/c1-20-7-8-21(27)18-23(20)24-29-25(31-26(30-24)34-14-16-35-17-15-34)33-12-4-10-32(11-5-13-33)19-22-6-2-3-9-28-22;1-2/h2-3,6-9,18H,4-5,10-17,19H2,1H3;1-2H3. The van der Waals surface area contributed by atoms with E-state index in [1.54, 1.807) is 6.07 Å². The van der Waals surface area contributed by atoms with Crippen molar-refractivity contribution in [2.75, 3.05) is 62.3 Å². The fraction of sp³-hybridized carbons (Fsp3) is 0.500. The second-order valence-corrected chi connectivity index (χ2v) is 9.11. The number of nitrogens with zero attached hydrogens (tertiary/aromatic N) is 7. The minimum absolute atomic E-state index is 0.292. The van der Waals surface area contributed by atoms with Crippen LogP contribution in [0.3, 0.4) is 0 Å². The van der Waals surface area contributed by atoms with E-state index >= 15 is 0 Å². The van der Waals surface area contributed by atoms with E-state index in [1.807, 2.05) is 39.1 Å². The fourth-order valence-corrected chi connectivity index (χ4v) is 4.63. The number of benzene rings is 1. The number of halogens is 1. The maximum Gasteiger partial charge on any atom is 0.230 e. The molecule has 2 fully saturated rings. The maximum absolute atomic E-state index is 14.1. The van der Waals surface area contributed by atoms with E-state index in [2.05, 4.69) is 25.8 Å². The second kappa shape index (κ2) is 13.4.